The number of benzene rings is 1. The van der Waals surface area contributed by atoms with Gasteiger partial charge in [-0.05, 0) is 25.1 Å². The molecule has 7 heteroatoms. The molecule has 0 N–H and O–H groups in total. The molecule has 0 fully saturated rings. The largest absolute Gasteiger partial charge is 0.495 e. The van der Waals surface area contributed by atoms with Gasteiger partial charge in [0.2, 0.25) is 0 Å². The maximum atomic E-state index is 11.5. The average Bonchev–Trinajstić information content (AvgIpc) is 2.74. The van der Waals surface area contributed by atoms with Crippen LogP contribution in [0.1, 0.15) is 5.01 Å². The summed E-state index contributed by atoms with van der Waals surface area (Å²) in [6.45, 7) is 1.89. The van der Waals surface area contributed by atoms with E-state index >= 15 is 0 Å². The van der Waals surface area contributed by atoms with Crippen molar-refractivity contribution in [2.75, 3.05) is 7.11 Å². The van der Waals surface area contributed by atoms with E-state index in [1.54, 1.807) is 12.1 Å². The van der Waals surface area contributed by atoms with Gasteiger partial charge in [-0.15, -0.1) is 11.3 Å². The predicted octanol–water partition coefficient (Wildman–Crippen LogP) is 3.05. The van der Waals surface area contributed by atoms with E-state index in [9.17, 15) is 8.42 Å². The molecule has 1 aromatic carbocycles. The molecule has 2 aromatic rings. The van der Waals surface area contributed by atoms with Gasteiger partial charge in [-0.25, -0.2) is 13.4 Å². The van der Waals surface area contributed by atoms with Crippen LogP contribution in [0.4, 0.5) is 0 Å². The van der Waals surface area contributed by atoms with Gasteiger partial charge >= 0.3 is 0 Å². The molecular formula is C11H10ClNO3S2. The molecule has 0 radical (unpaired) electrons. The fourth-order valence-corrected chi connectivity index (χ4v) is 3.17. The van der Waals surface area contributed by atoms with Crippen LogP contribution in [0.2, 0.25) is 0 Å². The van der Waals surface area contributed by atoms with Crippen LogP contribution in [-0.4, -0.2) is 20.5 Å². The molecule has 96 valence electrons. The number of nitrogens with zero attached hydrogens (tertiary/aromatic N) is 1. The smallest absolute Gasteiger partial charge is 0.265 e. The van der Waals surface area contributed by atoms with E-state index in [0.717, 1.165) is 10.7 Å². The number of rotatable bonds is 3. The maximum Gasteiger partial charge on any atom is 0.265 e. The highest BCUT2D eigenvalue weighted by atomic mass is 35.7. The molecule has 0 aliphatic carbocycles. The third kappa shape index (κ3) is 2.66. The van der Waals surface area contributed by atoms with Gasteiger partial charge in [-0.2, -0.15) is 0 Å². The summed E-state index contributed by atoms with van der Waals surface area (Å²) in [6.07, 6.45) is 0. The van der Waals surface area contributed by atoms with Gasteiger partial charge in [0.1, 0.15) is 10.6 Å². The van der Waals surface area contributed by atoms with Crippen molar-refractivity contribution >= 4 is 31.1 Å². The van der Waals surface area contributed by atoms with E-state index in [0.29, 0.717) is 5.56 Å². The Hall–Kier alpha value is -1.11. The first-order valence-electron chi connectivity index (χ1n) is 4.97. The van der Waals surface area contributed by atoms with E-state index in [-0.39, 0.29) is 10.6 Å². The first-order valence-corrected chi connectivity index (χ1v) is 8.16. The molecule has 1 heterocycles. The van der Waals surface area contributed by atoms with Gasteiger partial charge in [0.15, 0.2) is 0 Å². The molecule has 0 spiro atoms. The molecule has 1 aromatic heterocycles. The highest BCUT2D eigenvalue weighted by Gasteiger charge is 2.18. The lowest BCUT2D eigenvalue weighted by Crippen LogP contribution is -1.96. The highest BCUT2D eigenvalue weighted by Crippen LogP contribution is 2.32. The van der Waals surface area contributed by atoms with Crippen LogP contribution in [0.3, 0.4) is 0 Å². The third-order valence-corrected chi connectivity index (χ3v) is 4.46. The van der Waals surface area contributed by atoms with Gasteiger partial charge in [0.25, 0.3) is 9.05 Å². The fourth-order valence-electron chi connectivity index (χ4n) is 1.52. The van der Waals surface area contributed by atoms with Crippen molar-refractivity contribution < 1.29 is 13.2 Å². The third-order valence-electron chi connectivity index (χ3n) is 2.34. The Kier molecular flexibility index (Phi) is 3.61. The quantitative estimate of drug-likeness (QED) is 0.818. The number of methoxy groups -OCH3 is 1. The number of halogens is 1. The lowest BCUT2D eigenvalue weighted by atomic mass is 10.2. The number of hydrogen-bond donors (Lipinski definition) is 0. The number of hydrogen-bond acceptors (Lipinski definition) is 5. The summed E-state index contributed by atoms with van der Waals surface area (Å²) in [5.74, 6) is 0.223. The number of ether oxygens (including phenoxy) is 1. The van der Waals surface area contributed by atoms with Crippen molar-refractivity contribution in [3.05, 3.63) is 28.6 Å². The molecule has 0 aliphatic rings. The summed E-state index contributed by atoms with van der Waals surface area (Å²) in [4.78, 5) is 4.25. The predicted molar refractivity (Wildman–Crippen MR) is 71.9 cm³/mol. The van der Waals surface area contributed by atoms with Crippen molar-refractivity contribution in [2.24, 2.45) is 0 Å². The van der Waals surface area contributed by atoms with Crippen LogP contribution in [-0.2, 0) is 9.05 Å². The van der Waals surface area contributed by atoms with Crippen LogP contribution < -0.4 is 4.74 Å². The zero-order valence-corrected chi connectivity index (χ0v) is 12.1. The average molecular weight is 304 g/mol. The lowest BCUT2D eigenvalue weighted by Gasteiger charge is -2.07. The van der Waals surface area contributed by atoms with Gasteiger partial charge in [0, 0.05) is 21.6 Å². The van der Waals surface area contributed by atoms with Crippen LogP contribution in [0, 0.1) is 6.92 Å². The summed E-state index contributed by atoms with van der Waals surface area (Å²) < 4.78 is 27.9. The Morgan fingerprint density at radius 2 is 2.11 bits per heavy atom. The highest BCUT2D eigenvalue weighted by molar-refractivity contribution is 8.13. The Labute approximate surface area is 114 Å². The number of aromatic nitrogens is 1. The summed E-state index contributed by atoms with van der Waals surface area (Å²) in [7, 11) is 2.93. The Morgan fingerprint density at radius 1 is 1.39 bits per heavy atom. The van der Waals surface area contributed by atoms with Crippen molar-refractivity contribution in [1.82, 2.24) is 4.98 Å². The first kappa shape index (κ1) is 13.3. The van der Waals surface area contributed by atoms with Crippen molar-refractivity contribution in [2.45, 2.75) is 11.8 Å². The minimum Gasteiger partial charge on any atom is -0.495 e. The number of aryl methyl sites for hydroxylation is 1. The monoisotopic (exact) mass is 303 g/mol. The topological polar surface area (TPSA) is 56.3 Å². The minimum atomic E-state index is -3.85. The van der Waals surface area contributed by atoms with E-state index < -0.39 is 9.05 Å². The van der Waals surface area contributed by atoms with Crippen molar-refractivity contribution in [3.63, 3.8) is 0 Å². The van der Waals surface area contributed by atoms with E-state index in [1.807, 2.05) is 12.3 Å². The summed E-state index contributed by atoms with van der Waals surface area (Å²) in [5, 5.41) is 2.78. The fraction of sp³-hybridized carbons (Fsp3) is 0.182. The molecule has 0 aliphatic heterocycles. The molecular weight excluding hydrogens is 294 g/mol. The zero-order chi connectivity index (χ0) is 13.3. The molecule has 0 atom stereocenters. The van der Waals surface area contributed by atoms with E-state index in [4.69, 9.17) is 15.4 Å². The summed E-state index contributed by atoms with van der Waals surface area (Å²) >= 11 is 1.50. The second-order valence-electron chi connectivity index (χ2n) is 3.56. The molecule has 4 nitrogen and oxygen atoms in total. The van der Waals surface area contributed by atoms with Gasteiger partial charge in [-0.3, -0.25) is 0 Å². The Morgan fingerprint density at radius 3 is 2.61 bits per heavy atom. The Balaban J connectivity index is 2.60. The van der Waals surface area contributed by atoms with Crippen molar-refractivity contribution in [3.8, 4) is 17.0 Å². The first-order chi connectivity index (χ1) is 8.41. The molecule has 0 amide bonds. The van der Waals surface area contributed by atoms with Gasteiger partial charge in [-0.1, -0.05) is 0 Å². The van der Waals surface area contributed by atoms with E-state index in [2.05, 4.69) is 4.98 Å². The van der Waals surface area contributed by atoms with E-state index in [1.165, 1.54) is 24.5 Å². The number of thiazole rings is 1. The van der Waals surface area contributed by atoms with Crippen LogP contribution in [0.15, 0.2) is 28.5 Å². The molecule has 0 saturated heterocycles. The molecule has 0 unspecified atom stereocenters. The molecule has 0 bridgehead atoms. The minimum absolute atomic E-state index is 0.0465. The van der Waals surface area contributed by atoms with Crippen LogP contribution in [0.25, 0.3) is 11.3 Å². The standard InChI is InChI=1S/C11H10ClNO3S2/c1-7-13-9(6-17-7)8-3-4-10(16-2)11(5-8)18(12,14)15/h3-6H,1-2H3. The zero-order valence-electron chi connectivity index (χ0n) is 9.68. The summed E-state index contributed by atoms with van der Waals surface area (Å²) in [5.41, 5.74) is 1.42. The van der Waals surface area contributed by atoms with Crippen LogP contribution >= 0.6 is 22.0 Å². The summed E-state index contributed by atoms with van der Waals surface area (Å²) in [6, 6.07) is 4.79. The van der Waals surface area contributed by atoms with Crippen LogP contribution in [0.5, 0.6) is 5.75 Å². The van der Waals surface area contributed by atoms with Crippen molar-refractivity contribution in [1.29, 1.82) is 0 Å². The second kappa shape index (κ2) is 4.87. The molecule has 2 rings (SSSR count). The molecule has 18 heavy (non-hydrogen) atoms. The Bertz CT molecular complexity index is 679. The normalized spacial score (nSPS) is 11.5. The SMILES string of the molecule is COc1ccc(-c2csc(C)n2)cc1S(=O)(=O)Cl. The maximum absolute atomic E-state index is 11.5. The molecule has 0 saturated carbocycles. The second-order valence-corrected chi connectivity index (χ2v) is 7.15. The van der Waals surface area contributed by atoms with Gasteiger partial charge in [0.05, 0.1) is 17.8 Å². The van der Waals surface area contributed by atoms with Gasteiger partial charge < -0.3 is 4.74 Å². The lowest BCUT2D eigenvalue weighted by molar-refractivity contribution is 0.403.